The van der Waals surface area contributed by atoms with E-state index in [-0.39, 0.29) is 17.5 Å². The van der Waals surface area contributed by atoms with Crippen LogP contribution in [-0.2, 0) is 6.54 Å². The highest BCUT2D eigenvalue weighted by Gasteiger charge is 2.14. The highest BCUT2D eigenvalue weighted by molar-refractivity contribution is 5.61. The first-order chi connectivity index (χ1) is 10.0. The van der Waals surface area contributed by atoms with Gasteiger partial charge in [0.25, 0.3) is 5.56 Å². The van der Waals surface area contributed by atoms with Crippen LogP contribution in [0, 0.1) is 0 Å². The first-order valence-electron chi connectivity index (χ1n) is 6.98. The molecule has 6 nitrogen and oxygen atoms in total. The van der Waals surface area contributed by atoms with Crippen molar-refractivity contribution in [1.29, 1.82) is 0 Å². The van der Waals surface area contributed by atoms with Crippen molar-refractivity contribution in [3.8, 4) is 0 Å². The third-order valence-electron chi connectivity index (χ3n) is 3.35. The van der Waals surface area contributed by atoms with Gasteiger partial charge in [0.2, 0.25) is 0 Å². The van der Waals surface area contributed by atoms with E-state index in [4.69, 9.17) is 5.73 Å². The molecule has 0 amide bonds. The van der Waals surface area contributed by atoms with Gasteiger partial charge in [-0.15, -0.1) is 0 Å². The van der Waals surface area contributed by atoms with Gasteiger partial charge in [-0.25, -0.2) is 4.79 Å². The molecule has 21 heavy (non-hydrogen) atoms. The molecule has 6 heteroatoms. The lowest BCUT2D eigenvalue weighted by atomic mass is 10.1. The zero-order valence-corrected chi connectivity index (χ0v) is 12.2. The molecule has 0 saturated heterocycles. The first kappa shape index (κ1) is 14.9. The van der Waals surface area contributed by atoms with Gasteiger partial charge in [0.05, 0.1) is 0 Å². The summed E-state index contributed by atoms with van der Waals surface area (Å²) in [7, 11) is 0. The fourth-order valence-corrected chi connectivity index (χ4v) is 2.21. The molecule has 0 aliphatic rings. The van der Waals surface area contributed by atoms with E-state index in [9.17, 15) is 9.59 Å². The van der Waals surface area contributed by atoms with E-state index in [0.717, 1.165) is 12.0 Å². The van der Waals surface area contributed by atoms with Crippen LogP contribution in [0.4, 0.5) is 11.5 Å². The number of rotatable bonds is 5. The summed E-state index contributed by atoms with van der Waals surface area (Å²) < 4.78 is 1.38. The summed E-state index contributed by atoms with van der Waals surface area (Å²) in [6, 6.07) is 9.62. The Morgan fingerprint density at radius 3 is 2.57 bits per heavy atom. The molecular formula is C15H20N4O2. The number of hydrogen-bond acceptors (Lipinski definition) is 4. The van der Waals surface area contributed by atoms with E-state index in [1.165, 1.54) is 4.57 Å². The number of nitrogens with two attached hydrogens (primary N) is 1. The standard InChI is InChI=1S/C15H20N4O2/c1-3-9-19-13(16)12(14(20)18-15(19)21)17-10(2)11-7-5-4-6-8-11/h4-8,10,17H,3,9,16H2,1-2H3,(H,18,20,21). The SMILES string of the molecule is CCCn1c(N)c(NC(C)c2ccccc2)c(=O)[nH]c1=O. The molecule has 1 heterocycles. The molecule has 2 rings (SSSR count). The number of nitrogens with one attached hydrogen (secondary N) is 2. The molecule has 1 atom stereocenters. The second kappa shape index (κ2) is 6.30. The summed E-state index contributed by atoms with van der Waals surface area (Å²) in [5.41, 5.74) is 6.28. The zero-order valence-electron chi connectivity index (χ0n) is 12.2. The van der Waals surface area contributed by atoms with Gasteiger partial charge in [0.1, 0.15) is 11.5 Å². The lowest BCUT2D eigenvalue weighted by Gasteiger charge is -2.18. The maximum Gasteiger partial charge on any atom is 0.330 e. The summed E-state index contributed by atoms with van der Waals surface area (Å²) >= 11 is 0. The molecule has 0 saturated carbocycles. The highest BCUT2D eigenvalue weighted by Crippen LogP contribution is 2.19. The van der Waals surface area contributed by atoms with E-state index in [1.807, 2.05) is 44.2 Å². The van der Waals surface area contributed by atoms with E-state index in [0.29, 0.717) is 6.54 Å². The summed E-state index contributed by atoms with van der Waals surface area (Å²) in [4.78, 5) is 26.0. The van der Waals surface area contributed by atoms with Gasteiger partial charge < -0.3 is 11.1 Å². The van der Waals surface area contributed by atoms with Crippen molar-refractivity contribution in [2.45, 2.75) is 32.9 Å². The Hall–Kier alpha value is -2.50. The van der Waals surface area contributed by atoms with Crippen LogP contribution in [0.5, 0.6) is 0 Å². The fraction of sp³-hybridized carbons (Fsp3) is 0.333. The molecule has 0 aliphatic carbocycles. The van der Waals surface area contributed by atoms with Gasteiger partial charge in [-0.05, 0) is 18.9 Å². The second-order valence-corrected chi connectivity index (χ2v) is 4.95. The molecule has 0 aliphatic heterocycles. The molecule has 4 N–H and O–H groups in total. The van der Waals surface area contributed by atoms with Crippen LogP contribution in [-0.4, -0.2) is 9.55 Å². The Balaban J connectivity index is 2.38. The molecule has 0 fully saturated rings. The first-order valence-corrected chi connectivity index (χ1v) is 6.98. The number of hydrogen-bond donors (Lipinski definition) is 3. The number of aromatic amines is 1. The maximum absolute atomic E-state index is 12.0. The van der Waals surface area contributed by atoms with Crippen LogP contribution in [0.1, 0.15) is 31.9 Å². The van der Waals surface area contributed by atoms with Crippen LogP contribution >= 0.6 is 0 Å². The predicted octanol–water partition coefficient (Wildman–Crippen LogP) is 1.70. The van der Waals surface area contributed by atoms with E-state index >= 15 is 0 Å². The normalized spacial score (nSPS) is 12.1. The highest BCUT2D eigenvalue weighted by atomic mass is 16.2. The van der Waals surface area contributed by atoms with Gasteiger partial charge in [-0.2, -0.15) is 0 Å². The van der Waals surface area contributed by atoms with Crippen molar-refractivity contribution >= 4 is 11.5 Å². The average molecular weight is 288 g/mol. The smallest absolute Gasteiger partial charge is 0.330 e. The quantitative estimate of drug-likeness (QED) is 0.780. The lowest BCUT2D eigenvalue weighted by Crippen LogP contribution is -2.34. The van der Waals surface area contributed by atoms with Crippen LogP contribution in [0.2, 0.25) is 0 Å². The minimum atomic E-state index is -0.493. The number of anilines is 2. The molecule has 0 radical (unpaired) electrons. The molecular weight excluding hydrogens is 268 g/mol. The lowest BCUT2D eigenvalue weighted by molar-refractivity contribution is 0.641. The number of H-pyrrole nitrogens is 1. The minimum Gasteiger partial charge on any atom is -0.383 e. The Morgan fingerprint density at radius 1 is 1.29 bits per heavy atom. The van der Waals surface area contributed by atoms with Crippen LogP contribution in [0.15, 0.2) is 39.9 Å². The predicted molar refractivity (Wildman–Crippen MR) is 84.5 cm³/mol. The Labute approximate surface area is 122 Å². The third-order valence-corrected chi connectivity index (χ3v) is 3.35. The fourth-order valence-electron chi connectivity index (χ4n) is 2.21. The van der Waals surface area contributed by atoms with Gasteiger partial charge in [-0.3, -0.25) is 14.3 Å². The number of nitrogen functional groups attached to an aromatic ring is 1. The molecule has 1 aromatic carbocycles. The van der Waals surface area contributed by atoms with E-state index in [1.54, 1.807) is 0 Å². The number of nitrogens with zero attached hydrogens (tertiary/aromatic N) is 1. The molecule has 1 aromatic heterocycles. The number of aromatic nitrogens is 2. The zero-order chi connectivity index (χ0) is 15.4. The maximum atomic E-state index is 12.0. The summed E-state index contributed by atoms with van der Waals surface area (Å²) in [6.07, 6.45) is 0.754. The Bertz CT molecular complexity index is 719. The van der Waals surface area contributed by atoms with Crippen LogP contribution in [0.25, 0.3) is 0 Å². The molecule has 112 valence electrons. The van der Waals surface area contributed by atoms with Crippen molar-refractivity contribution in [1.82, 2.24) is 9.55 Å². The Morgan fingerprint density at radius 2 is 1.95 bits per heavy atom. The van der Waals surface area contributed by atoms with Gasteiger partial charge in [0, 0.05) is 12.6 Å². The minimum absolute atomic E-state index is 0.0952. The summed E-state index contributed by atoms with van der Waals surface area (Å²) in [5.74, 6) is 0.174. The van der Waals surface area contributed by atoms with Gasteiger partial charge in [-0.1, -0.05) is 37.3 Å². The average Bonchev–Trinajstić information content (AvgIpc) is 2.48. The monoisotopic (exact) mass is 288 g/mol. The molecule has 0 bridgehead atoms. The topological polar surface area (TPSA) is 92.9 Å². The van der Waals surface area contributed by atoms with Crippen molar-refractivity contribution in [3.63, 3.8) is 0 Å². The van der Waals surface area contributed by atoms with Gasteiger partial charge >= 0.3 is 5.69 Å². The third kappa shape index (κ3) is 3.16. The summed E-state index contributed by atoms with van der Waals surface area (Å²) in [5, 5.41) is 3.09. The summed E-state index contributed by atoms with van der Waals surface area (Å²) in [6.45, 7) is 4.34. The number of benzene rings is 1. The molecule has 2 aromatic rings. The Kier molecular flexibility index (Phi) is 4.47. The van der Waals surface area contributed by atoms with E-state index in [2.05, 4.69) is 10.3 Å². The van der Waals surface area contributed by atoms with Gasteiger partial charge in [0.15, 0.2) is 0 Å². The van der Waals surface area contributed by atoms with Crippen molar-refractivity contribution < 1.29 is 0 Å². The van der Waals surface area contributed by atoms with Crippen LogP contribution < -0.4 is 22.3 Å². The van der Waals surface area contributed by atoms with Crippen molar-refractivity contribution in [2.75, 3.05) is 11.1 Å². The van der Waals surface area contributed by atoms with E-state index < -0.39 is 11.2 Å². The van der Waals surface area contributed by atoms with Crippen molar-refractivity contribution in [2.24, 2.45) is 0 Å². The largest absolute Gasteiger partial charge is 0.383 e. The molecule has 0 spiro atoms. The molecule has 1 unspecified atom stereocenters. The van der Waals surface area contributed by atoms with Crippen molar-refractivity contribution in [3.05, 3.63) is 56.7 Å². The second-order valence-electron chi connectivity index (χ2n) is 4.95. The van der Waals surface area contributed by atoms with Crippen LogP contribution in [0.3, 0.4) is 0 Å².